The fraction of sp³-hybridized carbons (Fsp3) is 0. The van der Waals surface area contributed by atoms with Gasteiger partial charge < -0.3 is 5.32 Å². The van der Waals surface area contributed by atoms with E-state index in [0.717, 1.165) is 9.26 Å². The maximum atomic E-state index is 5.38. The molecule has 0 bridgehead atoms. The number of nitrogens with zero attached hydrogens (tertiary/aromatic N) is 6. The second-order valence-corrected chi connectivity index (χ2v) is 5.14. The van der Waals surface area contributed by atoms with Crippen LogP contribution in [-0.2, 0) is 0 Å². The number of halogens is 1. The van der Waals surface area contributed by atoms with Crippen LogP contribution in [0, 0.1) is 3.57 Å². The summed E-state index contributed by atoms with van der Waals surface area (Å²) in [5, 5.41) is 7.06. The summed E-state index contributed by atoms with van der Waals surface area (Å²) in [5.41, 5.74) is 3.26. The number of nitrogens with two attached hydrogens (primary N) is 1. The topological polar surface area (TPSA) is 119 Å². The number of aromatic nitrogens is 6. The van der Waals surface area contributed by atoms with Crippen molar-refractivity contribution in [3.63, 3.8) is 0 Å². The summed E-state index contributed by atoms with van der Waals surface area (Å²) in [4.78, 5) is 16.4. The number of nitrogen functional groups attached to an aromatic ring is 1. The van der Waals surface area contributed by atoms with Gasteiger partial charge in [-0.3, -0.25) is 5.43 Å². The fourth-order valence-electron chi connectivity index (χ4n) is 1.56. The van der Waals surface area contributed by atoms with Gasteiger partial charge in [0.2, 0.25) is 11.9 Å². The summed E-state index contributed by atoms with van der Waals surface area (Å²) in [6.45, 7) is 0. The molecule has 3 aromatic rings. The lowest BCUT2D eigenvalue weighted by atomic mass is 10.3. The highest BCUT2D eigenvalue weighted by atomic mass is 127. The van der Waals surface area contributed by atoms with Gasteiger partial charge in [-0.15, -0.1) is 0 Å². The number of anilines is 3. The molecule has 0 spiro atoms. The predicted octanol–water partition coefficient (Wildman–Crippen LogP) is 1.09. The minimum absolute atomic E-state index is 0.225. The Bertz CT molecular complexity index is 726. The van der Waals surface area contributed by atoms with E-state index in [2.05, 4.69) is 58.4 Å². The number of nitrogens with one attached hydrogen (secondary N) is 2. The summed E-state index contributed by atoms with van der Waals surface area (Å²) < 4.78 is 2.56. The third-order valence-electron chi connectivity index (χ3n) is 2.48. The summed E-state index contributed by atoms with van der Waals surface area (Å²) >= 11 is 2.24. The summed E-state index contributed by atoms with van der Waals surface area (Å²) in [6, 6.07) is 7.81. The van der Waals surface area contributed by atoms with Gasteiger partial charge in [0.15, 0.2) is 0 Å². The van der Waals surface area contributed by atoms with Gasteiger partial charge in [-0.25, -0.2) is 10.8 Å². The van der Waals surface area contributed by atoms with Crippen molar-refractivity contribution in [2.24, 2.45) is 5.84 Å². The van der Waals surface area contributed by atoms with Crippen LogP contribution in [-0.4, -0.2) is 29.7 Å². The number of hydrazine groups is 1. The number of hydrogen-bond acceptors (Lipinski definition) is 8. The number of hydrogen-bond donors (Lipinski definition) is 3. The minimum atomic E-state index is 0.225. The Morgan fingerprint density at radius 2 is 1.81 bits per heavy atom. The van der Waals surface area contributed by atoms with Crippen molar-refractivity contribution >= 4 is 40.2 Å². The second-order valence-electron chi connectivity index (χ2n) is 3.90. The minimum Gasteiger partial charge on any atom is -0.324 e. The maximum Gasteiger partial charge on any atom is 0.258 e. The molecule has 0 atom stereocenters. The maximum absolute atomic E-state index is 5.38. The molecule has 1 aromatic carbocycles. The normalized spacial score (nSPS) is 10.4. The second kappa shape index (κ2) is 5.97. The molecule has 9 nitrogen and oxygen atoms in total. The zero-order valence-corrected chi connectivity index (χ0v) is 12.8. The van der Waals surface area contributed by atoms with Gasteiger partial charge in [0.25, 0.3) is 5.95 Å². The lowest BCUT2D eigenvalue weighted by Gasteiger charge is -2.08. The lowest BCUT2D eigenvalue weighted by Crippen LogP contribution is -2.15. The van der Waals surface area contributed by atoms with Crippen molar-refractivity contribution < 1.29 is 0 Å². The van der Waals surface area contributed by atoms with E-state index in [1.54, 1.807) is 0 Å². The quantitative estimate of drug-likeness (QED) is 0.341. The van der Waals surface area contributed by atoms with E-state index in [4.69, 9.17) is 5.84 Å². The van der Waals surface area contributed by atoms with Crippen LogP contribution in [0.2, 0.25) is 0 Å². The first kappa shape index (κ1) is 13.6. The van der Waals surface area contributed by atoms with Crippen molar-refractivity contribution in [2.75, 3.05) is 10.7 Å². The van der Waals surface area contributed by atoms with E-state index in [9.17, 15) is 0 Å². The highest BCUT2D eigenvalue weighted by Crippen LogP contribution is 2.16. The van der Waals surface area contributed by atoms with Crippen LogP contribution in [0.4, 0.5) is 17.6 Å². The molecule has 2 aromatic heterocycles. The van der Waals surface area contributed by atoms with Gasteiger partial charge in [-0.2, -0.15) is 24.7 Å². The molecule has 0 saturated heterocycles. The van der Waals surface area contributed by atoms with Crippen LogP contribution in [0.1, 0.15) is 0 Å². The summed E-state index contributed by atoms with van der Waals surface area (Å²) in [6.07, 6.45) is 2.88. The van der Waals surface area contributed by atoms with Gasteiger partial charge in [-0.1, -0.05) is 0 Å². The average molecular weight is 395 g/mol. The van der Waals surface area contributed by atoms with Crippen LogP contribution in [0.15, 0.2) is 36.9 Å². The van der Waals surface area contributed by atoms with Crippen molar-refractivity contribution in [1.82, 2.24) is 29.7 Å². The third kappa shape index (κ3) is 3.22. The highest BCUT2D eigenvalue weighted by Gasteiger charge is 2.08. The van der Waals surface area contributed by atoms with Gasteiger partial charge >= 0.3 is 0 Å². The first-order valence-corrected chi connectivity index (χ1v) is 6.93. The Morgan fingerprint density at radius 1 is 1.05 bits per heavy atom. The van der Waals surface area contributed by atoms with Gasteiger partial charge in [0.05, 0.1) is 0 Å². The van der Waals surface area contributed by atoms with Crippen molar-refractivity contribution in [2.45, 2.75) is 0 Å². The molecule has 4 N–H and O–H groups in total. The van der Waals surface area contributed by atoms with E-state index >= 15 is 0 Å². The van der Waals surface area contributed by atoms with E-state index < -0.39 is 0 Å². The van der Waals surface area contributed by atoms with Crippen LogP contribution < -0.4 is 16.6 Å². The van der Waals surface area contributed by atoms with E-state index in [1.807, 2.05) is 24.3 Å². The van der Waals surface area contributed by atoms with Crippen LogP contribution >= 0.6 is 22.6 Å². The third-order valence-corrected chi connectivity index (χ3v) is 3.20. The SMILES string of the molecule is NNc1nc(Nc2ccc(I)cc2)nc(-n2cncn2)n1. The van der Waals surface area contributed by atoms with Gasteiger partial charge in [0.1, 0.15) is 12.7 Å². The largest absolute Gasteiger partial charge is 0.324 e. The molecule has 3 rings (SSSR count). The lowest BCUT2D eigenvalue weighted by molar-refractivity contribution is 0.797. The van der Waals surface area contributed by atoms with Crippen LogP contribution in [0.25, 0.3) is 5.95 Å². The standard InChI is InChI=1S/C11H10IN9/c12-7-1-3-8(4-2-7)16-9-17-10(20-13)19-11(18-9)21-6-14-5-15-21/h1-6H,13H2,(H2,16,17,18,19,20). The summed E-state index contributed by atoms with van der Waals surface area (Å²) in [5.74, 6) is 6.26. The Kier molecular flexibility index (Phi) is 3.87. The summed E-state index contributed by atoms with van der Waals surface area (Å²) in [7, 11) is 0. The molecule has 0 radical (unpaired) electrons. The highest BCUT2D eigenvalue weighted by molar-refractivity contribution is 14.1. The fourth-order valence-corrected chi connectivity index (χ4v) is 1.92. The predicted molar refractivity (Wildman–Crippen MR) is 85.0 cm³/mol. The van der Waals surface area contributed by atoms with Crippen LogP contribution in [0.5, 0.6) is 0 Å². The number of benzene rings is 1. The molecule has 0 amide bonds. The molecule has 106 valence electrons. The zero-order chi connectivity index (χ0) is 14.7. The van der Waals surface area contributed by atoms with E-state index in [0.29, 0.717) is 11.9 Å². The number of rotatable bonds is 4. The molecular formula is C11H10IN9. The van der Waals surface area contributed by atoms with Gasteiger partial charge in [0, 0.05) is 9.26 Å². The first-order valence-electron chi connectivity index (χ1n) is 5.85. The van der Waals surface area contributed by atoms with Gasteiger partial charge in [-0.05, 0) is 46.9 Å². The van der Waals surface area contributed by atoms with E-state index in [1.165, 1.54) is 17.3 Å². The molecule has 0 saturated carbocycles. The Morgan fingerprint density at radius 3 is 2.48 bits per heavy atom. The van der Waals surface area contributed by atoms with Crippen molar-refractivity contribution in [1.29, 1.82) is 0 Å². The molecule has 21 heavy (non-hydrogen) atoms. The molecule has 10 heteroatoms. The Labute approximate surface area is 133 Å². The average Bonchev–Trinajstić information content (AvgIpc) is 3.04. The van der Waals surface area contributed by atoms with Crippen LogP contribution in [0.3, 0.4) is 0 Å². The van der Waals surface area contributed by atoms with E-state index in [-0.39, 0.29) is 5.95 Å². The first-order chi connectivity index (χ1) is 10.2. The zero-order valence-electron chi connectivity index (χ0n) is 10.6. The molecule has 0 aliphatic rings. The molecule has 0 aliphatic carbocycles. The van der Waals surface area contributed by atoms with Crippen molar-refractivity contribution in [3.8, 4) is 5.95 Å². The molecule has 0 unspecified atom stereocenters. The Hall–Kier alpha value is -2.34. The molecule has 0 aliphatic heterocycles. The molecule has 2 heterocycles. The monoisotopic (exact) mass is 395 g/mol. The Balaban J connectivity index is 1.94. The van der Waals surface area contributed by atoms with Crippen molar-refractivity contribution in [3.05, 3.63) is 40.5 Å². The molecular weight excluding hydrogens is 385 g/mol. The smallest absolute Gasteiger partial charge is 0.258 e. The molecule has 0 fully saturated rings.